The van der Waals surface area contributed by atoms with Gasteiger partial charge >= 0.3 is 0 Å². The second-order valence-electron chi connectivity index (χ2n) is 6.26. The molecule has 1 rings (SSSR count). The van der Waals surface area contributed by atoms with Crippen LogP contribution in [0.2, 0.25) is 18.1 Å². The lowest BCUT2D eigenvalue weighted by atomic mass is 10.2. The molecule has 0 saturated carbocycles. The topological polar surface area (TPSA) is 38.7 Å². The van der Waals surface area contributed by atoms with Crippen molar-refractivity contribution < 1.29 is 14.3 Å². The molecule has 0 radical (unpaired) electrons. The van der Waals surface area contributed by atoms with E-state index in [1.807, 2.05) is 24.3 Å². The quantitative estimate of drug-likeness (QED) is 0.640. The molecule has 4 heteroatoms. The molecule has 1 N–H and O–H groups in total. The predicted molar refractivity (Wildman–Crippen MR) is 81.0 cm³/mol. The highest BCUT2D eigenvalue weighted by Gasteiger charge is 2.36. The van der Waals surface area contributed by atoms with Gasteiger partial charge in [-0.05, 0) is 35.8 Å². The fourth-order valence-electron chi connectivity index (χ4n) is 1.36. The molecule has 0 aliphatic heterocycles. The van der Waals surface area contributed by atoms with Gasteiger partial charge in [0.2, 0.25) is 0 Å². The van der Waals surface area contributed by atoms with Crippen LogP contribution in [0.1, 0.15) is 26.3 Å². The van der Waals surface area contributed by atoms with Gasteiger partial charge in [0.15, 0.2) is 8.32 Å². The molecule has 0 saturated heterocycles. The normalized spacial score (nSPS) is 12.5. The molecule has 0 bridgehead atoms. The Morgan fingerprint density at radius 2 is 1.63 bits per heavy atom. The van der Waals surface area contributed by atoms with Crippen molar-refractivity contribution in [1.82, 2.24) is 0 Å². The SMILES string of the molecule is CC(C)(C)[Si](C)(C)OCCOc1ccc(CO)cc1. The van der Waals surface area contributed by atoms with Crippen molar-refractivity contribution in [1.29, 1.82) is 0 Å². The van der Waals surface area contributed by atoms with E-state index in [0.29, 0.717) is 13.2 Å². The Labute approximate surface area is 117 Å². The highest BCUT2D eigenvalue weighted by Crippen LogP contribution is 2.36. The number of rotatable bonds is 6. The van der Waals surface area contributed by atoms with E-state index in [9.17, 15) is 0 Å². The van der Waals surface area contributed by atoms with E-state index in [2.05, 4.69) is 33.9 Å². The summed E-state index contributed by atoms with van der Waals surface area (Å²) in [6, 6.07) is 7.48. The molecule has 19 heavy (non-hydrogen) atoms. The number of ether oxygens (including phenoxy) is 1. The Kier molecular flexibility index (Phi) is 5.59. The predicted octanol–water partition coefficient (Wildman–Crippen LogP) is 3.58. The molecule has 0 spiro atoms. The summed E-state index contributed by atoms with van der Waals surface area (Å²) in [5, 5.41) is 9.18. The van der Waals surface area contributed by atoms with Gasteiger partial charge in [0.1, 0.15) is 12.4 Å². The van der Waals surface area contributed by atoms with E-state index in [0.717, 1.165) is 11.3 Å². The highest BCUT2D eigenvalue weighted by molar-refractivity contribution is 6.74. The van der Waals surface area contributed by atoms with Crippen LogP contribution in [-0.4, -0.2) is 26.6 Å². The number of hydrogen-bond acceptors (Lipinski definition) is 3. The lowest BCUT2D eigenvalue weighted by Gasteiger charge is -2.36. The van der Waals surface area contributed by atoms with Gasteiger partial charge in [-0.15, -0.1) is 0 Å². The van der Waals surface area contributed by atoms with Crippen molar-refractivity contribution in [3.63, 3.8) is 0 Å². The maximum atomic E-state index is 8.95. The molecular formula is C15H26O3Si. The number of benzene rings is 1. The molecule has 1 aromatic rings. The minimum atomic E-state index is -1.67. The fraction of sp³-hybridized carbons (Fsp3) is 0.600. The molecule has 3 nitrogen and oxygen atoms in total. The molecule has 108 valence electrons. The van der Waals surface area contributed by atoms with E-state index in [1.165, 1.54) is 0 Å². The van der Waals surface area contributed by atoms with Crippen molar-refractivity contribution >= 4 is 8.32 Å². The monoisotopic (exact) mass is 282 g/mol. The van der Waals surface area contributed by atoms with Gasteiger partial charge < -0.3 is 14.3 Å². The molecule has 0 aliphatic rings. The van der Waals surface area contributed by atoms with Crippen LogP contribution in [0.25, 0.3) is 0 Å². The van der Waals surface area contributed by atoms with E-state index >= 15 is 0 Å². The Morgan fingerprint density at radius 1 is 1.05 bits per heavy atom. The summed E-state index contributed by atoms with van der Waals surface area (Å²) in [7, 11) is -1.67. The van der Waals surface area contributed by atoms with Crippen LogP contribution >= 0.6 is 0 Å². The van der Waals surface area contributed by atoms with Crippen LogP contribution in [0.5, 0.6) is 5.75 Å². The maximum Gasteiger partial charge on any atom is 0.192 e. The minimum Gasteiger partial charge on any atom is -0.491 e. The number of hydrogen-bond donors (Lipinski definition) is 1. The van der Waals surface area contributed by atoms with Crippen LogP contribution in [0.3, 0.4) is 0 Å². The summed E-state index contributed by atoms with van der Waals surface area (Å²) in [4.78, 5) is 0. The molecule has 1 aromatic carbocycles. The average molecular weight is 282 g/mol. The van der Waals surface area contributed by atoms with E-state index in [1.54, 1.807) is 0 Å². The second-order valence-corrected chi connectivity index (χ2v) is 11.1. The molecule has 0 unspecified atom stereocenters. The van der Waals surface area contributed by atoms with Crippen molar-refractivity contribution in [3.8, 4) is 5.75 Å². The molecule has 0 aliphatic carbocycles. The van der Waals surface area contributed by atoms with E-state index in [-0.39, 0.29) is 11.6 Å². The maximum absolute atomic E-state index is 8.95. The summed E-state index contributed by atoms with van der Waals surface area (Å²) in [6.07, 6.45) is 0. The van der Waals surface area contributed by atoms with Crippen LogP contribution in [-0.2, 0) is 11.0 Å². The van der Waals surface area contributed by atoms with Crippen molar-refractivity contribution in [2.24, 2.45) is 0 Å². The third-order valence-corrected chi connectivity index (χ3v) is 8.27. The number of aliphatic hydroxyl groups is 1. The van der Waals surface area contributed by atoms with Gasteiger partial charge in [-0.3, -0.25) is 0 Å². The summed E-state index contributed by atoms with van der Waals surface area (Å²) < 4.78 is 11.7. The van der Waals surface area contributed by atoms with Crippen LogP contribution in [0, 0.1) is 0 Å². The first-order chi connectivity index (χ1) is 8.76. The van der Waals surface area contributed by atoms with Crippen molar-refractivity contribution in [3.05, 3.63) is 29.8 Å². The number of aliphatic hydroxyl groups excluding tert-OH is 1. The molecule has 0 fully saturated rings. The summed E-state index contributed by atoms with van der Waals surface area (Å²) in [5.41, 5.74) is 0.893. The van der Waals surface area contributed by atoms with Crippen molar-refractivity contribution in [2.45, 2.75) is 45.5 Å². The summed E-state index contributed by atoms with van der Waals surface area (Å²) >= 11 is 0. The standard InChI is InChI=1S/C15H26O3Si/c1-15(2,3)19(4,5)18-11-10-17-14-8-6-13(12-16)7-9-14/h6-9,16H,10-12H2,1-5H3. The first kappa shape index (κ1) is 16.2. The molecular weight excluding hydrogens is 256 g/mol. The first-order valence-corrected chi connectivity index (χ1v) is 9.63. The van der Waals surface area contributed by atoms with Gasteiger partial charge in [0, 0.05) is 0 Å². The highest BCUT2D eigenvalue weighted by atomic mass is 28.4. The lowest BCUT2D eigenvalue weighted by Crippen LogP contribution is -2.41. The zero-order chi connectivity index (χ0) is 14.5. The van der Waals surface area contributed by atoms with E-state index in [4.69, 9.17) is 14.3 Å². The zero-order valence-electron chi connectivity index (χ0n) is 12.7. The van der Waals surface area contributed by atoms with Gasteiger partial charge in [-0.25, -0.2) is 0 Å². The van der Waals surface area contributed by atoms with Gasteiger partial charge in [0.25, 0.3) is 0 Å². The summed E-state index contributed by atoms with van der Waals surface area (Å²) in [5.74, 6) is 0.816. The molecule has 0 heterocycles. The largest absolute Gasteiger partial charge is 0.491 e. The molecule has 0 aromatic heterocycles. The Balaban J connectivity index is 2.34. The molecule has 0 amide bonds. The van der Waals surface area contributed by atoms with E-state index < -0.39 is 8.32 Å². The van der Waals surface area contributed by atoms with Crippen LogP contribution in [0.4, 0.5) is 0 Å². The van der Waals surface area contributed by atoms with Gasteiger partial charge in [0.05, 0.1) is 13.2 Å². The Hall–Kier alpha value is -0.843. The van der Waals surface area contributed by atoms with Gasteiger partial charge in [-0.1, -0.05) is 32.9 Å². The first-order valence-electron chi connectivity index (χ1n) is 6.73. The van der Waals surface area contributed by atoms with Gasteiger partial charge in [-0.2, -0.15) is 0 Å². The Morgan fingerprint density at radius 3 is 2.11 bits per heavy atom. The molecule has 0 atom stereocenters. The fourth-order valence-corrected chi connectivity index (χ4v) is 2.39. The third-order valence-electron chi connectivity index (χ3n) is 3.73. The third kappa shape index (κ3) is 4.97. The zero-order valence-corrected chi connectivity index (χ0v) is 13.7. The Bertz CT molecular complexity index is 379. The smallest absolute Gasteiger partial charge is 0.192 e. The van der Waals surface area contributed by atoms with Crippen LogP contribution < -0.4 is 4.74 Å². The van der Waals surface area contributed by atoms with Crippen molar-refractivity contribution in [2.75, 3.05) is 13.2 Å². The average Bonchev–Trinajstić information content (AvgIpc) is 2.34. The lowest BCUT2D eigenvalue weighted by molar-refractivity contribution is 0.203. The summed E-state index contributed by atoms with van der Waals surface area (Å²) in [6.45, 7) is 12.4. The van der Waals surface area contributed by atoms with Crippen LogP contribution in [0.15, 0.2) is 24.3 Å². The second kappa shape index (κ2) is 6.55. The minimum absolute atomic E-state index is 0.0642.